The minimum absolute atomic E-state index is 0.0584. The van der Waals surface area contributed by atoms with Gasteiger partial charge in [0.1, 0.15) is 5.82 Å². The molecule has 7 nitrogen and oxygen atoms in total. The lowest BCUT2D eigenvalue weighted by Gasteiger charge is -2.18. The molecule has 0 saturated carbocycles. The summed E-state index contributed by atoms with van der Waals surface area (Å²) in [6.45, 7) is 5.89. The highest BCUT2D eigenvalue weighted by Crippen LogP contribution is 2.30. The largest absolute Gasteiger partial charge is 0.383 e. The predicted octanol–water partition coefficient (Wildman–Crippen LogP) is 3.23. The first-order valence-corrected chi connectivity index (χ1v) is 10.6. The average molecular weight is 418 g/mol. The number of nitrogens with zero attached hydrogens (tertiary/aromatic N) is 3. The number of rotatable bonds is 5. The summed E-state index contributed by atoms with van der Waals surface area (Å²) >= 11 is 0. The summed E-state index contributed by atoms with van der Waals surface area (Å²) < 4.78 is 0. The first-order valence-electron chi connectivity index (χ1n) is 10.6. The van der Waals surface area contributed by atoms with E-state index in [9.17, 15) is 9.59 Å². The number of pyridine rings is 2. The van der Waals surface area contributed by atoms with Gasteiger partial charge < -0.3 is 16.0 Å². The van der Waals surface area contributed by atoms with Crippen molar-refractivity contribution in [3.05, 3.63) is 65.5 Å². The minimum Gasteiger partial charge on any atom is -0.383 e. The van der Waals surface area contributed by atoms with Crippen LogP contribution in [0.4, 0.5) is 5.82 Å². The van der Waals surface area contributed by atoms with E-state index in [4.69, 9.17) is 10.7 Å². The first kappa shape index (κ1) is 20.8. The van der Waals surface area contributed by atoms with Gasteiger partial charge in [0, 0.05) is 42.8 Å². The fourth-order valence-electron chi connectivity index (χ4n) is 3.94. The zero-order chi connectivity index (χ0) is 22.0. The molecule has 31 heavy (non-hydrogen) atoms. The summed E-state index contributed by atoms with van der Waals surface area (Å²) in [6.07, 6.45) is 2.36. The number of hydrogen-bond donors (Lipinski definition) is 2. The Morgan fingerprint density at radius 1 is 1.19 bits per heavy atom. The number of anilines is 1. The normalized spacial score (nSPS) is 16.1. The number of fused-ring (bicyclic) bond motifs is 1. The molecule has 3 aromatic rings. The molecule has 0 aliphatic carbocycles. The molecule has 3 heterocycles. The Morgan fingerprint density at radius 3 is 2.77 bits per heavy atom. The molecule has 0 radical (unpaired) electrons. The van der Waals surface area contributed by atoms with Crippen LogP contribution in [0.15, 0.2) is 48.7 Å². The molecule has 4 rings (SSSR count). The van der Waals surface area contributed by atoms with Gasteiger partial charge in [-0.05, 0) is 36.6 Å². The van der Waals surface area contributed by atoms with Crippen LogP contribution in [0, 0.1) is 5.92 Å². The predicted molar refractivity (Wildman–Crippen MR) is 121 cm³/mol. The molecule has 2 aromatic heterocycles. The molecule has 2 amide bonds. The maximum absolute atomic E-state index is 12.9. The molecule has 0 bridgehead atoms. The third-order valence-corrected chi connectivity index (χ3v) is 5.61. The SMILES string of the molecule is CC(C)CNC(=O)c1cc(C2CCN(C(=O)c3cccnc3N)C2)nc2ccccc12. The number of para-hydroxylation sites is 1. The number of aromatic nitrogens is 2. The molecule has 3 N–H and O–H groups in total. The molecule has 160 valence electrons. The van der Waals surface area contributed by atoms with Crippen LogP contribution < -0.4 is 11.1 Å². The highest BCUT2D eigenvalue weighted by molar-refractivity contribution is 6.06. The Bertz CT molecular complexity index is 1130. The van der Waals surface area contributed by atoms with Gasteiger partial charge in [-0.25, -0.2) is 4.98 Å². The number of hydrogen-bond acceptors (Lipinski definition) is 5. The van der Waals surface area contributed by atoms with Gasteiger partial charge in [-0.15, -0.1) is 0 Å². The number of nitrogens with two attached hydrogens (primary N) is 1. The molecule has 1 aliphatic heterocycles. The average Bonchev–Trinajstić information content (AvgIpc) is 3.27. The van der Waals surface area contributed by atoms with Crippen molar-refractivity contribution >= 4 is 28.5 Å². The third kappa shape index (κ3) is 4.35. The molecule has 1 aromatic carbocycles. The molecule has 0 spiro atoms. The van der Waals surface area contributed by atoms with Crippen molar-refractivity contribution in [3.63, 3.8) is 0 Å². The fourth-order valence-corrected chi connectivity index (χ4v) is 3.94. The lowest BCUT2D eigenvalue weighted by Crippen LogP contribution is -2.29. The summed E-state index contributed by atoms with van der Waals surface area (Å²) in [5.41, 5.74) is 8.56. The van der Waals surface area contributed by atoms with Crippen molar-refractivity contribution in [1.82, 2.24) is 20.2 Å². The number of nitrogen functional groups attached to an aromatic ring is 1. The number of nitrogens with one attached hydrogen (secondary N) is 1. The van der Waals surface area contributed by atoms with Crippen molar-refractivity contribution < 1.29 is 9.59 Å². The second kappa shape index (κ2) is 8.71. The summed E-state index contributed by atoms with van der Waals surface area (Å²) in [5.74, 6) is 0.448. The Hall–Kier alpha value is -3.48. The lowest BCUT2D eigenvalue weighted by molar-refractivity contribution is 0.0791. The monoisotopic (exact) mass is 417 g/mol. The lowest BCUT2D eigenvalue weighted by atomic mass is 9.99. The van der Waals surface area contributed by atoms with Crippen molar-refractivity contribution in [3.8, 4) is 0 Å². The van der Waals surface area contributed by atoms with Gasteiger partial charge in [0.2, 0.25) is 0 Å². The first-order chi connectivity index (χ1) is 14.9. The van der Waals surface area contributed by atoms with Crippen LogP contribution in [0.1, 0.15) is 52.6 Å². The Kier molecular flexibility index (Phi) is 5.84. The standard InChI is InChI=1S/C24H27N5O2/c1-15(2)13-27-23(30)19-12-21(28-20-8-4-3-6-17(19)20)16-9-11-29(14-16)24(31)18-7-5-10-26-22(18)25/h3-8,10,12,15-16H,9,11,13-14H2,1-2H3,(H2,25,26)(H,27,30). The Labute approximate surface area is 181 Å². The highest BCUT2D eigenvalue weighted by Gasteiger charge is 2.30. The van der Waals surface area contributed by atoms with Gasteiger partial charge in [0.15, 0.2) is 0 Å². The second-order valence-electron chi connectivity index (χ2n) is 8.39. The van der Waals surface area contributed by atoms with E-state index in [1.165, 1.54) is 0 Å². The van der Waals surface area contributed by atoms with Gasteiger partial charge in [-0.3, -0.25) is 14.6 Å². The maximum atomic E-state index is 12.9. The maximum Gasteiger partial charge on any atom is 0.257 e. The van der Waals surface area contributed by atoms with Crippen LogP contribution in [0.25, 0.3) is 10.9 Å². The molecular formula is C24H27N5O2. The van der Waals surface area contributed by atoms with E-state index >= 15 is 0 Å². The number of carbonyl (C=O) groups is 2. The molecule has 1 aliphatic rings. The molecular weight excluding hydrogens is 390 g/mol. The number of likely N-dealkylation sites (tertiary alicyclic amines) is 1. The number of amides is 2. The summed E-state index contributed by atoms with van der Waals surface area (Å²) in [5, 5.41) is 3.85. The van der Waals surface area contributed by atoms with E-state index in [-0.39, 0.29) is 23.6 Å². The molecule has 1 unspecified atom stereocenters. The highest BCUT2D eigenvalue weighted by atomic mass is 16.2. The van der Waals surface area contributed by atoms with Crippen molar-refractivity contribution in [2.24, 2.45) is 5.92 Å². The molecule has 7 heteroatoms. The minimum atomic E-state index is -0.121. The van der Waals surface area contributed by atoms with Crippen LogP contribution in [0.2, 0.25) is 0 Å². The van der Waals surface area contributed by atoms with E-state index in [1.807, 2.05) is 30.3 Å². The quantitative estimate of drug-likeness (QED) is 0.664. The fraction of sp³-hybridized carbons (Fsp3) is 0.333. The van der Waals surface area contributed by atoms with Crippen LogP contribution in [-0.2, 0) is 0 Å². The molecule has 1 atom stereocenters. The van der Waals surface area contributed by atoms with Crippen molar-refractivity contribution in [2.45, 2.75) is 26.2 Å². The van der Waals surface area contributed by atoms with E-state index < -0.39 is 0 Å². The van der Waals surface area contributed by atoms with E-state index in [1.54, 1.807) is 23.2 Å². The van der Waals surface area contributed by atoms with E-state index in [0.717, 1.165) is 23.0 Å². The van der Waals surface area contributed by atoms with Crippen LogP contribution >= 0.6 is 0 Å². The smallest absolute Gasteiger partial charge is 0.257 e. The van der Waals surface area contributed by atoms with Crippen LogP contribution in [-0.4, -0.2) is 46.3 Å². The topological polar surface area (TPSA) is 101 Å². The van der Waals surface area contributed by atoms with Crippen molar-refractivity contribution in [2.75, 3.05) is 25.4 Å². The zero-order valence-electron chi connectivity index (χ0n) is 17.8. The summed E-state index contributed by atoms with van der Waals surface area (Å²) in [6, 6.07) is 13.0. The van der Waals surface area contributed by atoms with Gasteiger partial charge in [-0.2, -0.15) is 0 Å². The van der Waals surface area contributed by atoms with E-state index in [0.29, 0.717) is 36.7 Å². The van der Waals surface area contributed by atoms with Gasteiger partial charge >= 0.3 is 0 Å². The van der Waals surface area contributed by atoms with Gasteiger partial charge in [0.25, 0.3) is 11.8 Å². The van der Waals surface area contributed by atoms with Gasteiger partial charge in [0.05, 0.1) is 16.6 Å². The summed E-state index contributed by atoms with van der Waals surface area (Å²) in [7, 11) is 0. The molecule has 1 fully saturated rings. The third-order valence-electron chi connectivity index (χ3n) is 5.61. The van der Waals surface area contributed by atoms with Gasteiger partial charge in [-0.1, -0.05) is 32.0 Å². The Morgan fingerprint density at radius 2 is 2.00 bits per heavy atom. The molecule has 1 saturated heterocycles. The number of carbonyl (C=O) groups excluding carboxylic acids is 2. The number of benzene rings is 1. The van der Waals surface area contributed by atoms with Crippen LogP contribution in [0.3, 0.4) is 0 Å². The summed E-state index contributed by atoms with van der Waals surface area (Å²) in [4.78, 5) is 36.4. The second-order valence-corrected chi connectivity index (χ2v) is 8.39. The van der Waals surface area contributed by atoms with Crippen LogP contribution in [0.5, 0.6) is 0 Å². The Balaban J connectivity index is 1.60. The van der Waals surface area contributed by atoms with Crippen molar-refractivity contribution in [1.29, 1.82) is 0 Å². The van der Waals surface area contributed by atoms with E-state index in [2.05, 4.69) is 24.1 Å². The zero-order valence-corrected chi connectivity index (χ0v) is 17.8.